The minimum atomic E-state index is -0.852. The SMILES string of the molecule is CCC(C)CC(NC(=O)OCC1c2ccccc2-c2ccccc21)C(=O)NC(C)CCCC(=O)O. The summed E-state index contributed by atoms with van der Waals surface area (Å²) in [5.41, 5.74) is 4.57. The van der Waals surface area contributed by atoms with Crippen LogP contribution in [0.25, 0.3) is 11.1 Å². The molecule has 0 aliphatic heterocycles. The van der Waals surface area contributed by atoms with Crippen LogP contribution in [0.4, 0.5) is 4.79 Å². The Kier molecular flexibility index (Phi) is 9.29. The Labute approximate surface area is 207 Å². The van der Waals surface area contributed by atoms with Gasteiger partial charge in [-0.05, 0) is 54.4 Å². The molecule has 0 bridgehead atoms. The van der Waals surface area contributed by atoms with Gasteiger partial charge in [0, 0.05) is 18.4 Å². The zero-order chi connectivity index (χ0) is 25.4. The van der Waals surface area contributed by atoms with Crippen molar-refractivity contribution < 1.29 is 24.2 Å². The summed E-state index contributed by atoms with van der Waals surface area (Å²) in [4.78, 5) is 36.4. The number of ether oxygens (including phenoxy) is 1. The van der Waals surface area contributed by atoms with Gasteiger partial charge in [0.05, 0.1) is 0 Å². The third kappa shape index (κ3) is 7.07. The number of aliphatic carboxylic acids is 1. The zero-order valence-corrected chi connectivity index (χ0v) is 20.8. The van der Waals surface area contributed by atoms with Crippen LogP contribution in [-0.4, -0.2) is 41.8 Å². The summed E-state index contributed by atoms with van der Waals surface area (Å²) < 4.78 is 5.64. The summed E-state index contributed by atoms with van der Waals surface area (Å²) >= 11 is 0. The van der Waals surface area contributed by atoms with Crippen LogP contribution in [0.1, 0.15) is 69.9 Å². The largest absolute Gasteiger partial charge is 0.481 e. The molecule has 0 saturated carbocycles. The molecule has 7 heteroatoms. The first-order chi connectivity index (χ1) is 16.8. The van der Waals surface area contributed by atoms with Gasteiger partial charge in [-0.1, -0.05) is 68.8 Å². The fourth-order valence-corrected chi connectivity index (χ4v) is 4.56. The Morgan fingerprint density at radius 3 is 2.14 bits per heavy atom. The number of carbonyl (C=O) groups is 3. The van der Waals surface area contributed by atoms with E-state index in [1.54, 1.807) is 0 Å². The Hall–Kier alpha value is -3.35. The maximum Gasteiger partial charge on any atom is 0.407 e. The van der Waals surface area contributed by atoms with Crippen molar-refractivity contribution in [3.8, 4) is 11.1 Å². The number of hydrogen-bond donors (Lipinski definition) is 3. The molecular weight excluding hydrogens is 444 g/mol. The second-order valence-electron chi connectivity index (χ2n) is 9.47. The molecule has 1 aliphatic rings. The van der Waals surface area contributed by atoms with E-state index < -0.39 is 18.1 Å². The van der Waals surface area contributed by atoms with Crippen LogP contribution in [0.2, 0.25) is 0 Å². The molecule has 0 spiro atoms. The third-order valence-corrected chi connectivity index (χ3v) is 6.70. The molecule has 2 aromatic carbocycles. The highest BCUT2D eigenvalue weighted by atomic mass is 16.5. The van der Waals surface area contributed by atoms with Gasteiger partial charge in [-0.3, -0.25) is 9.59 Å². The number of amides is 2. The maximum atomic E-state index is 12.9. The van der Waals surface area contributed by atoms with Crippen LogP contribution in [0.15, 0.2) is 48.5 Å². The lowest BCUT2D eigenvalue weighted by molar-refractivity contribution is -0.137. The van der Waals surface area contributed by atoms with Gasteiger partial charge in [-0.2, -0.15) is 0 Å². The van der Waals surface area contributed by atoms with Crippen LogP contribution < -0.4 is 10.6 Å². The predicted molar refractivity (Wildman–Crippen MR) is 135 cm³/mol. The summed E-state index contributed by atoms with van der Waals surface area (Å²) in [7, 11) is 0. The topological polar surface area (TPSA) is 105 Å². The molecule has 0 aromatic heterocycles. The first-order valence-electron chi connectivity index (χ1n) is 12.4. The standard InChI is InChI=1S/C28H36N2O5/c1-4-18(2)16-25(27(33)29-19(3)10-9-15-26(31)32)30-28(34)35-17-24-22-13-7-5-11-20(22)21-12-6-8-14-23(21)24/h5-8,11-14,18-19,24-25H,4,9-10,15-17H2,1-3H3,(H,29,33)(H,30,34)(H,31,32). The van der Waals surface area contributed by atoms with Crippen LogP contribution >= 0.6 is 0 Å². The number of benzene rings is 2. The molecule has 3 atom stereocenters. The second kappa shape index (κ2) is 12.4. The van der Waals surface area contributed by atoms with E-state index in [0.29, 0.717) is 19.3 Å². The number of carboxylic acids is 1. The van der Waals surface area contributed by atoms with Crippen molar-refractivity contribution in [2.45, 2.75) is 70.9 Å². The van der Waals surface area contributed by atoms with Gasteiger partial charge < -0.3 is 20.5 Å². The number of nitrogens with one attached hydrogen (secondary N) is 2. The first kappa shape index (κ1) is 26.3. The maximum absolute atomic E-state index is 12.9. The van der Waals surface area contributed by atoms with Gasteiger partial charge in [0.25, 0.3) is 0 Å². The number of rotatable bonds is 12. The lowest BCUT2D eigenvalue weighted by Crippen LogP contribution is -2.50. The van der Waals surface area contributed by atoms with Gasteiger partial charge in [0.2, 0.25) is 5.91 Å². The van der Waals surface area contributed by atoms with Crippen molar-refractivity contribution in [2.24, 2.45) is 5.92 Å². The molecule has 7 nitrogen and oxygen atoms in total. The third-order valence-electron chi connectivity index (χ3n) is 6.70. The number of fused-ring (bicyclic) bond motifs is 3. The molecule has 3 rings (SSSR count). The molecule has 35 heavy (non-hydrogen) atoms. The van der Waals surface area contributed by atoms with E-state index >= 15 is 0 Å². The molecule has 0 heterocycles. The molecule has 188 valence electrons. The van der Waals surface area contributed by atoms with Crippen molar-refractivity contribution >= 4 is 18.0 Å². The Balaban J connectivity index is 1.61. The molecule has 0 radical (unpaired) electrons. The van der Waals surface area contributed by atoms with E-state index in [-0.39, 0.29) is 36.8 Å². The van der Waals surface area contributed by atoms with Crippen LogP contribution in [0.3, 0.4) is 0 Å². The minimum absolute atomic E-state index is 0.0516. The Bertz CT molecular complexity index is 992. The van der Waals surface area contributed by atoms with Crippen molar-refractivity contribution in [1.82, 2.24) is 10.6 Å². The predicted octanol–water partition coefficient (Wildman–Crippen LogP) is 5.09. The number of alkyl carbamates (subject to hydrolysis) is 1. The van der Waals surface area contributed by atoms with Crippen molar-refractivity contribution in [2.75, 3.05) is 6.61 Å². The lowest BCUT2D eigenvalue weighted by atomic mass is 9.98. The van der Waals surface area contributed by atoms with Crippen molar-refractivity contribution in [3.05, 3.63) is 59.7 Å². The molecule has 0 saturated heterocycles. The molecule has 1 aliphatic carbocycles. The highest BCUT2D eigenvalue weighted by molar-refractivity contribution is 5.86. The summed E-state index contributed by atoms with van der Waals surface area (Å²) in [5.74, 6) is -0.942. The second-order valence-corrected chi connectivity index (χ2v) is 9.47. The van der Waals surface area contributed by atoms with Crippen LogP contribution in [0, 0.1) is 5.92 Å². The fraction of sp³-hybridized carbons (Fsp3) is 0.464. The molecule has 0 fully saturated rings. The summed E-state index contributed by atoms with van der Waals surface area (Å²) in [6.45, 7) is 6.11. The minimum Gasteiger partial charge on any atom is -0.481 e. The van der Waals surface area contributed by atoms with Crippen molar-refractivity contribution in [3.63, 3.8) is 0 Å². The highest BCUT2D eigenvalue weighted by Gasteiger charge is 2.30. The molecule has 2 aromatic rings. The van der Waals surface area contributed by atoms with E-state index in [0.717, 1.165) is 28.7 Å². The van der Waals surface area contributed by atoms with Gasteiger partial charge in [0.1, 0.15) is 12.6 Å². The first-order valence-corrected chi connectivity index (χ1v) is 12.4. The molecule has 3 N–H and O–H groups in total. The van der Waals surface area contributed by atoms with Gasteiger partial charge in [-0.15, -0.1) is 0 Å². The molecule has 2 amide bonds. The zero-order valence-electron chi connectivity index (χ0n) is 20.8. The average molecular weight is 481 g/mol. The summed E-state index contributed by atoms with van der Waals surface area (Å²) in [5, 5.41) is 14.5. The number of carboxylic acid groups (broad SMARTS) is 1. The van der Waals surface area contributed by atoms with Gasteiger partial charge >= 0.3 is 12.1 Å². The normalized spacial score (nSPS) is 14.8. The summed E-state index contributed by atoms with van der Waals surface area (Å²) in [6, 6.07) is 15.4. The quantitative estimate of drug-likeness (QED) is 0.392. The van der Waals surface area contributed by atoms with Crippen LogP contribution in [-0.2, 0) is 14.3 Å². The Morgan fingerprint density at radius 1 is 0.971 bits per heavy atom. The van der Waals surface area contributed by atoms with E-state index in [9.17, 15) is 14.4 Å². The van der Waals surface area contributed by atoms with Crippen molar-refractivity contribution in [1.29, 1.82) is 0 Å². The number of hydrogen-bond acceptors (Lipinski definition) is 4. The summed E-state index contributed by atoms with van der Waals surface area (Å²) in [6.07, 6.45) is 1.85. The monoisotopic (exact) mass is 480 g/mol. The smallest absolute Gasteiger partial charge is 0.407 e. The Morgan fingerprint density at radius 2 is 1.57 bits per heavy atom. The lowest BCUT2D eigenvalue weighted by Gasteiger charge is -2.24. The average Bonchev–Trinajstić information content (AvgIpc) is 3.15. The van der Waals surface area contributed by atoms with E-state index in [1.807, 2.05) is 45.0 Å². The van der Waals surface area contributed by atoms with Crippen LogP contribution in [0.5, 0.6) is 0 Å². The molecular formula is C28H36N2O5. The number of carbonyl (C=O) groups excluding carboxylic acids is 2. The van der Waals surface area contributed by atoms with Gasteiger partial charge in [-0.25, -0.2) is 4.79 Å². The fourth-order valence-electron chi connectivity index (χ4n) is 4.56. The molecule has 3 unspecified atom stereocenters. The highest BCUT2D eigenvalue weighted by Crippen LogP contribution is 2.44. The van der Waals surface area contributed by atoms with E-state index in [1.165, 1.54) is 0 Å². The van der Waals surface area contributed by atoms with E-state index in [4.69, 9.17) is 9.84 Å². The van der Waals surface area contributed by atoms with E-state index in [2.05, 4.69) is 34.9 Å². The van der Waals surface area contributed by atoms with Gasteiger partial charge in [0.15, 0.2) is 0 Å².